The second kappa shape index (κ2) is 7.95. The van der Waals surface area contributed by atoms with Gasteiger partial charge in [-0.15, -0.1) is 10.2 Å². The maximum atomic E-state index is 12.5. The van der Waals surface area contributed by atoms with Crippen molar-refractivity contribution < 1.29 is 9.59 Å². The van der Waals surface area contributed by atoms with E-state index in [0.29, 0.717) is 17.6 Å². The zero-order chi connectivity index (χ0) is 18.7. The molecule has 0 saturated carbocycles. The molecule has 0 bridgehead atoms. The highest BCUT2D eigenvalue weighted by Gasteiger charge is 2.35. The van der Waals surface area contributed by atoms with Crippen molar-refractivity contribution >= 4 is 34.0 Å². The van der Waals surface area contributed by atoms with Crippen LogP contribution in [0.25, 0.3) is 0 Å². The Balaban J connectivity index is 1.62. The fraction of sp³-hybridized carbons (Fsp3) is 0.474. The summed E-state index contributed by atoms with van der Waals surface area (Å²) in [7, 11) is 0. The van der Waals surface area contributed by atoms with E-state index in [-0.39, 0.29) is 24.2 Å². The van der Waals surface area contributed by atoms with Crippen molar-refractivity contribution in [3.8, 4) is 0 Å². The van der Waals surface area contributed by atoms with E-state index in [1.54, 1.807) is 4.90 Å². The molecular weight excluding hydrogens is 348 g/mol. The average Bonchev–Trinajstić information content (AvgIpc) is 3.21. The highest BCUT2D eigenvalue weighted by molar-refractivity contribution is 7.15. The Hall–Kier alpha value is -2.28. The molecule has 1 aromatic heterocycles. The minimum absolute atomic E-state index is 0.0211. The number of hydrogen-bond donors (Lipinski definition) is 1. The predicted molar refractivity (Wildman–Crippen MR) is 103 cm³/mol. The number of benzene rings is 1. The van der Waals surface area contributed by atoms with Crippen LogP contribution in [-0.2, 0) is 22.4 Å². The molecule has 1 aliphatic rings. The summed E-state index contributed by atoms with van der Waals surface area (Å²) in [6.45, 7) is 6.72. The fourth-order valence-electron chi connectivity index (χ4n) is 2.99. The molecule has 0 aliphatic carbocycles. The molecule has 2 aromatic rings. The molecule has 2 amide bonds. The van der Waals surface area contributed by atoms with Gasteiger partial charge in [0.25, 0.3) is 0 Å². The number of nitrogens with zero attached hydrogens (tertiary/aromatic N) is 3. The van der Waals surface area contributed by atoms with Crippen LogP contribution in [0, 0.1) is 11.8 Å². The number of aromatic nitrogens is 2. The Kier molecular flexibility index (Phi) is 5.66. The molecule has 1 saturated heterocycles. The third-order valence-corrected chi connectivity index (χ3v) is 5.29. The first-order valence-electron chi connectivity index (χ1n) is 8.98. The first kappa shape index (κ1) is 18.5. The van der Waals surface area contributed by atoms with E-state index in [1.807, 2.05) is 24.3 Å². The van der Waals surface area contributed by atoms with E-state index < -0.39 is 0 Å². The van der Waals surface area contributed by atoms with Gasteiger partial charge in [0.2, 0.25) is 16.9 Å². The minimum Gasteiger partial charge on any atom is -0.312 e. The number of anilines is 2. The van der Waals surface area contributed by atoms with Gasteiger partial charge in [0.15, 0.2) is 0 Å². The van der Waals surface area contributed by atoms with E-state index in [9.17, 15) is 9.59 Å². The summed E-state index contributed by atoms with van der Waals surface area (Å²) in [6.07, 6.45) is 2.02. The highest BCUT2D eigenvalue weighted by atomic mass is 32.1. The number of nitrogens with one attached hydrogen (secondary N) is 1. The molecule has 0 unspecified atom stereocenters. The van der Waals surface area contributed by atoms with Crippen molar-refractivity contribution in [3.63, 3.8) is 0 Å². The van der Waals surface area contributed by atoms with E-state index in [1.165, 1.54) is 16.9 Å². The van der Waals surface area contributed by atoms with E-state index in [0.717, 1.165) is 23.5 Å². The summed E-state index contributed by atoms with van der Waals surface area (Å²) in [6, 6.07) is 7.93. The summed E-state index contributed by atoms with van der Waals surface area (Å²) < 4.78 is 0. The maximum absolute atomic E-state index is 12.5. The largest absolute Gasteiger partial charge is 0.312 e. The Labute approximate surface area is 157 Å². The minimum atomic E-state index is -0.370. The lowest BCUT2D eigenvalue weighted by atomic mass is 10.1. The zero-order valence-corrected chi connectivity index (χ0v) is 16.2. The van der Waals surface area contributed by atoms with Crippen LogP contribution in [0.3, 0.4) is 0 Å². The number of rotatable bonds is 6. The third-order valence-electron chi connectivity index (χ3n) is 4.43. The van der Waals surface area contributed by atoms with Crippen LogP contribution in [0.15, 0.2) is 24.3 Å². The first-order chi connectivity index (χ1) is 12.5. The van der Waals surface area contributed by atoms with Crippen molar-refractivity contribution in [1.82, 2.24) is 10.2 Å². The third kappa shape index (κ3) is 4.27. The number of aryl methyl sites for hydroxylation is 1. The van der Waals surface area contributed by atoms with Gasteiger partial charge in [0.05, 0.1) is 5.92 Å². The molecule has 1 aromatic carbocycles. The van der Waals surface area contributed by atoms with Gasteiger partial charge in [0.1, 0.15) is 5.01 Å². The Morgan fingerprint density at radius 3 is 2.69 bits per heavy atom. The topological polar surface area (TPSA) is 75.2 Å². The van der Waals surface area contributed by atoms with Crippen molar-refractivity contribution in [2.45, 2.75) is 40.0 Å². The molecule has 6 nitrogen and oxygen atoms in total. The van der Waals surface area contributed by atoms with Crippen LogP contribution in [0.2, 0.25) is 0 Å². The van der Waals surface area contributed by atoms with E-state index in [4.69, 9.17) is 0 Å². The van der Waals surface area contributed by atoms with Gasteiger partial charge in [0, 0.05) is 25.1 Å². The lowest BCUT2D eigenvalue weighted by Crippen LogP contribution is -2.28. The Morgan fingerprint density at radius 2 is 2.04 bits per heavy atom. The molecule has 7 heteroatoms. The van der Waals surface area contributed by atoms with Crippen molar-refractivity contribution in [2.75, 3.05) is 16.8 Å². The summed E-state index contributed by atoms with van der Waals surface area (Å²) in [4.78, 5) is 26.5. The van der Waals surface area contributed by atoms with E-state index in [2.05, 4.69) is 36.3 Å². The Morgan fingerprint density at radius 1 is 1.31 bits per heavy atom. The van der Waals surface area contributed by atoms with Crippen molar-refractivity contribution in [3.05, 3.63) is 34.8 Å². The van der Waals surface area contributed by atoms with Gasteiger partial charge < -0.3 is 10.2 Å². The van der Waals surface area contributed by atoms with Crippen LogP contribution in [0.1, 0.15) is 37.8 Å². The summed E-state index contributed by atoms with van der Waals surface area (Å²) >= 11 is 1.40. The van der Waals surface area contributed by atoms with Crippen LogP contribution in [0.4, 0.5) is 10.8 Å². The zero-order valence-electron chi connectivity index (χ0n) is 15.4. The predicted octanol–water partition coefficient (Wildman–Crippen LogP) is 3.29. The molecular formula is C19H24N4O2S. The quantitative estimate of drug-likeness (QED) is 0.844. The standard InChI is InChI=1S/C19H24N4O2S/c1-4-13-5-7-15(8-6-13)23-11-14(10-17(23)24)18(25)20-19-22-21-16(26-19)9-12(2)3/h5-8,12,14H,4,9-11H2,1-3H3,(H,20,22,25)/t14-/m0/s1. The molecule has 2 heterocycles. The smallest absolute Gasteiger partial charge is 0.231 e. The lowest BCUT2D eigenvalue weighted by Gasteiger charge is -2.17. The Bertz CT molecular complexity index is 785. The van der Waals surface area contributed by atoms with Gasteiger partial charge >= 0.3 is 0 Å². The van der Waals surface area contributed by atoms with Gasteiger partial charge in [-0.3, -0.25) is 9.59 Å². The van der Waals surface area contributed by atoms with E-state index >= 15 is 0 Å². The monoisotopic (exact) mass is 372 g/mol. The fourth-order valence-corrected chi connectivity index (χ4v) is 3.94. The number of carbonyl (C=O) groups is 2. The highest BCUT2D eigenvalue weighted by Crippen LogP contribution is 2.27. The molecule has 1 aliphatic heterocycles. The normalized spacial score (nSPS) is 17.2. The number of amides is 2. The average molecular weight is 372 g/mol. The number of hydrogen-bond acceptors (Lipinski definition) is 5. The van der Waals surface area contributed by atoms with Crippen LogP contribution in [0.5, 0.6) is 0 Å². The lowest BCUT2D eigenvalue weighted by molar-refractivity contribution is -0.122. The van der Waals surface area contributed by atoms with Crippen molar-refractivity contribution in [2.24, 2.45) is 11.8 Å². The van der Waals surface area contributed by atoms with Crippen LogP contribution < -0.4 is 10.2 Å². The van der Waals surface area contributed by atoms with Gasteiger partial charge in [-0.2, -0.15) is 0 Å². The molecule has 1 N–H and O–H groups in total. The number of carbonyl (C=O) groups excluding carboxylic acids is 2. The molecule has 0 radical (unpaired) electrons. The molecule has 1 fully saturated rings. The molecule has 1 atom stereocenters. The molecule has 138 valence electrons. The van der Waals surface area contributed by atoms with Crippen molar-refractivity contribution in [1.29, 1.82) is 0 Å². The van der Waals surface area contributed by atoms with Gasteiger partial charge in [-0.1, -0.05) is 44.2 Å². The van der Waals surface area contributed by atoms with Gasteiger partial charge in [-0.05, 0) is 30.0 Å². The molecule has 0 spiro atoms. The molecule has 3 rings (SSSR count). The second-order valence-electron chi connectivity index (χ2n) is 7.01. The summed E-state index contributed by atoms with van der Waals surface area (Å²) in [5.41, 5.74) is 2.07. The first-order valence-corrected chi connectivity index (χ1v) is 9.80. The summed E-state index contributed by atoms with van der Waals surface area (Å²) in [5, 5.41) is 12.4. The van der Waals surface area contributed by atoms with Crippen LogP contribution >= 0.6 is 11.3 Å². The van der Waals surface area contributed by atoms with Crippen LogP contribution in [-0.4, -0.2) is 28.6 Å². The SMILES string of the molecule is CCc1ccc(N2C[C@@H](C(=O)Nc3nnc(CC(C)C)s3)CC2=O)cc1. The second-order valence-corrected chi connectivity index (χ2v) is 8.08. The summed E-state index contributed by atoms with van der Waals surface area (Å²) in [5.74, 6) is -0.0668. The molecule has 26 heavy (non-hydrogen) atoms. The van der Waals surface area contributed by atoms with Gasteiger partial charge in [-0.25, -0.2) is 0 Å². The maximum Gasteiger partial charge on any atom is 0.231 e.